The summed E-state index contributed by atoms with van der Waals surface area (Å²) in [6, 6.07) is 8.24. The SMILES string of the molecule is CNc1cnc(N/C=C\C(C)=N)c(-c2ccccc2C(C)C)n1. The van der Waals surface area contributed by atoms with Gasteiger partial charge in [0.1, 0.15) is 11.5 Å². The number of hydrogen-bond donors (Lipinski definition) is 3. The average Bonchev–Trinajstić information content (AvgIpc) is 2.54. The first-order valence-electron chi connectivity index (χ1n) is 7.65. The van der Waals surface area contributed by atoms with Crippen molar-refractivity contribution in [1.29, 1.82) is 5.41 Å². The summed E-state index contributed by atoms with van der Waals surface area (Å²) in [5, 5.41) is 13.6. The van der Waals surface area contributed by atoms with E-state index in [9.17, 15) is 0 Å². The van der Waals surface area contributed by atoms with Crippen LogP contribution in [0, 0.1) is 5.41 Å². The molecule has 0 bridgehead atoms. The molecule has 5 heteroatoms. The highest BCUT2D eigenvalue weighted by Gasteiger charge is 2.14. The second-order valence-corrected chi connectivity index (χ2v) is 5.61. The van der Waals surface area contributed by atoms with Crippen LogP contribution in [0.5, 0.6) is 0 Å². The molecule has 0 unspecified atom stereocenters. The van der Waals surface area contributed by atoms with E-state index in [1.807, 2.05) is 19.2 Å². The van der Waals surface area contributed by atoms with E-state index in [1.165, 1.54) is 5.56 Å². The van der Waals surface area contributed by atoms with Crippen molar-refractivity contribution in [3.8, 4) is 11.3 Å². The molecule has 0 atom stereocenters. The maximum Gasteiger partial charge on any atom is 0.156 e. The Morgan fingerprint density at radius 2 is 2.00 bits per heavy atom. The average molecular weight is 309 g/mol. The lowest BCUT2D eigenvalue weighted by Crippen LogP contribution is -2.03. The smallest absolute Gasteiger partial charge is 0.156 e. The summed E-state index contributed by atoms with van der Waals surface area (Å²) < 4.78 is 0. The molecule has 1 aromatic carbocycles. The minimum atomic E-state index is 0.387. The molecule has 0 saturated carbocycles. The Kier molecular flexibility index (Phi) is 5.46. The normalized spacial score (nSPS) is 11.0. The van der Waals surface area contributed by atoms with Crippen LogP contribution >= 0.6 is 0 Å². The summed E-state index contributed by atoms with van der Waals surface area (Å²) in [5.41, 5.74) is 3.56. The fourth-order valence-electron chi connectivity index (χ4n) is 2.26. The van der Waals surface area contributed by atoms with E-state index in [1.54, 1.807) is 25.4 Å². The molecule has 120 valence electrons. The van der Waals surface area contributed by atoms with E-state index >= 15 is 0 Å². The van der Waals surface area contributed by atoms with Crippen molar-refractivity contribution >= 4 is 17.3 Å². The van der Waals surface area contributed by atoms with Gasteiger partial charge in [0.05, 0.1) is 6.20 Å². The standard InChI is InChI=1S/C18H23N5/c1-12(2)14-7-5-6-8-15(14)17-18(21-10-9-13(3)19)22-11-16(20-4)23-17/h5-12,19H,1-4H3,(H,20,23)(H,21,22)/b10-9-,19-13?. The predicted octanol–water partition coefficient (Wildman–Crippen LogP) is 4.27. The molecule has 0 spiro atoms. The predicted molar refractivity (Wildman–Crippen MR) is 97.3 cm³/mol. The topological polar surface area (TPSA) is 73.7 Å². The van der Waals surface area contributed by atoms with Crippen LogP contribution in [0.3, 0.4) is 0 Å². The molecule has 1 heterocycles. The lowest BCUT2D eigenvalue weighted by Gasteiger charge is -2.15. The van der Waals surface area contributed by atoms with Crippen LogP contribution in [0.2, 0.25) is 0 Å². The van der Waals surface area contributed by atoms with Crippen molar-refractivity contribution in [2.24, 2.45) is 0 Å². The van der Waals surface area contributed by atoms with Gasteiger partial charge in [-0.2, -0.15) is 0 Å². The van der Waals surface area contributed by atoms with Crippen molar-refractivity contribution in [3.05, 3.63) is 48.3 Å². The van der Waals surface area contributed by atoms with Crippen molar-refractivity contribution in [2.45, 2.75) is 26.7 Å². The summed E-state index contributed by atoms with van der Waals surface area (Å²) >= 11 is 0. The highest BCUT2D eigenvalue weighted by molar-refractivity contribution is 5.90. The summed E-state index contributed by atoms with van der Waals surface area (Å²) in [5.74, 6) is 1.78. The maximum atomic E-state index is 7.46. The van der Waals surface area contributed by atoms with Crippen LogP contribution in [0.4, 0.5) is 11.6 Å². The van der Waals surface area contributed by atoms with Gasteiger partial charge in [-0.25, -0.2) is 9.97 Å². The zero-order valence-electron chi connectivity index (χ0n) is 14.0. The van der Waals surface area contributed by atoms with Gasteiger partial charge in [0.25, 0.3) is 0 Å². The number of anilines is 2. The van der Waals surface area contributed by atoms with E-state index in [-0.39, 0.29) is 0 Å². The summed E-state index contributed by atoms with van der Waals surface area (Å²) in [7, 11) is 1.83. The number of benzene rings is 1. The summed E-state index contributed by atoms with van der Waals surface area (Å²) in [6.07, 6.45) is 5.09. The van der Waals surface area contributed by atoms with Gasteiger partial charge in [-0.05, 0) is 24.5 Å². The number of nitrogens with one attached hydrogen (secondary N) is 3. The molecule has 2 aromatic rings. The fraction of sp³-hybridized carbons (Fsp3) is 0.278. The van der Waals surface area contributed by atoms with Crippen molar-refractivity contribution in [1.82, 2.24) is 9.97 Å². The Balaban J connectivity index is 2.53. The lowest BCUT2D eigenvalue weighted by molar-refractivity contribution is 0.868. The van der Waals surface area contributed by atoms with Crippen LogP contribution < -0.4 is 10.6 Å². The number of nitrogens with zero attached hydrogens (tertiary/aromatic N) is 2. The van der Waals surface area contributed by atoms with Crippen LogP contribution in [0.25, 0.3) is 11.3 Å². The van der Waals surface area contributed by atoms with Crippen LogP contribution in [0.15, 0.2) is 42.7 Å². The van der Waals surface area contributed by atoms with Gasteiger partial charge in [0.2, 0.25) is 0 Å². The highest BCUT2D eigenvalue weighted by atomic mass is 15.1. The van der Waals surface area contributed by atoms with E-state index in [0.717, 1.165) is 17.1 Å². The fourth-order valence-corrected chi connectivity index (χ4v) is 2.26. The molecule has 0 aliphatic heterocycles. The third-order valence-corrected chi connectivity index (χ3v) is 3.42. The van der Waals surface area contributed by atoms with Crippen LogP contribution in [-0.4, -0.2) is 22.7 Å². The van der Waals surface area contributed by atoms with Gasteiger partial charge < -0.3 is 16.0 Å². The van der Waals surface area contributed by atoms with Gasteiger partial charge >= 0.3 is 0 Å². The van der Waals surface area contributed by atoms with E-state index in [4.69, 9.17) is 5.41 Å². The van der Waals surface area contributed by atoms with E-state index in [2.05, 4.69) is 46.6 Å². The van der Waals surface area contributed by atoms with Crippen molar-refractivity contribution in [2.75, 3.05) is 17.7 Å². The molecule has 5 nitrogen and oxygen atoms in total. The first-order valence-corrected chi connectivity index (χ1v) is 7.65. The molecule has 0 aliphatic rings. The number of rotatable bonds is 6. The zero-order chi connectivity index (χ0) is 16.8. The van der Waals surface area contributed by atoms with E-state index < -0.39 is 0 Å². The monoisotopic (exact) mass is 309 g/mol. The molecule has 0 radical (unpaired) electrons. The van der Waals surface area contributed by atoms with Crippen LogP contribution in [-0.2, 0) is 0 Å². The third kappa shape index (κ3) is 4.16. The second kappa shape index (κ2) is 7.54. The first-order chi connectivity index (χ1) is 11.0. The molecule has 0 amide bonds. The Labute approximate surface area is 137 Å². The van der Waals surface area contributed by atoms with Crippen molar-refractivity contribution < 1.29 is 0 Å². The van der Waals surface area contributed by atoms with Crippen molar-refractivity contribution in [3.63, 3.8) is 0 Å². The van der Waals surface area contributed by atoms with Gasteiger partial charge in [0, 0.05) is 24.5 Å². The van der Waals surface area contributed by atoms with E-state index in [0.29, 0.717) is 17.4 Å². The largest absolute Gasteiger partial charge is 0.372 e. The molecule has 0 aliphatic carbocycles. The number of aromatic nitrogens is 2. The quantitative estimate of drug-likeness (QED) is 0.697. The Hall–Kier alpha value is -2.69. The maximum absolute atomic E-state index is 7.46. The Morgan fingerprint density at radius 1 is 1.26 bits per heavy atom. The second-order valence-electron chi connectivity index (χ2n) is 5.61. The Bertz CT molecular complexity index is 719. The molecule has 2 rings (SSSR count). The minimum absolute atomic E-state index is 0.387. The highest BCUT2D eigenvalue weighted by Crippen LogP contribution is 2.32. The zero-order valence-corrected chi connectivity index (χ0v) is 14.0. The van der Waals surface area contributed by atoms with Gasteiger partial charge in [-0.15, -0.1) is 0 Å². The number of hydrogen-bond acceptors (Lipinski definition) is 5. The van der Waals surface area contributed by atoms with Gasteiger partial charge in [-0.1, -0.05) is 38.1 Å². The number of allylic oxidation sites excluding steroid dienone is 1. The lowest BCUT2D eigenvalue weighted by atomic mass is 9.95. The molecule has 23 heavy (non-hydrogen) atoms. The van der Waals surface area contributed by atoms with Crippen LogP contribution in [0.1, 0.15) is 32.3 Å². The van der Waals surface area contributed by atoms with Gasteiger partial charge in [0.15, 0.2) is 5.82 Å². The van der Waals surface area contributed by atoms with Gasteiger partial charge in [-0.3, -0.25) is 0 Å². The molecule has 0 fully saturated rings. The molecular weight excluding hydrogens is 286 g/mol. The third-order valence-electron chi connectivity index (χ3n) is 3.42. The molecule has 3 N–H and O–H groups in total. The first kappa shape index (κ1) is 16.7. The Morgan fingerprint density at radius 3 is 2.65 bits per heavy atom. The molecular formula is C18H23N5. The summed E-state index contributed by atoms with van der Waals surface area (Å²) in [6.45, 7) is 6.06. The minimum Gasteiger partial charge on any atom is -0.372 e. The summed E-state index contributed by atoms with van der Waals surface area (Å²) in [4.78, 5) is 9.14. The molecule has 1 aromatic heterocycles. The molecule has 0 saturated heterocycles.